The van der Waals surface area contributed by atoms with E-state index in [0.29, 0.717) is 12.3 Å². The number of fused-ring (bicyclic) bond motifs is 1. The van der Waals surface area contributed by atoms with Crippen LogP contribution in [0.15, 0.2) is 30.3 Å². The summed E-state index contributed by atoms with van der Waals surface area (Å²) < 4.78 is 6.94. The van der Waals surface area contributed by atoms with Gasteiger partial charge in [0, 0.05) is 17.9 Å². The molecule has 0 radical (unpaired) electrons. The van der Waals surface area contributed by atoms with Gasteiger partial charge >= 0.3 is 0 Å². The number of ether oxygens (including phenoxy) is 1. The molecule has 1 amide bonds. The van der Waals surface area contributed by atoms with Crippen molar-refractivity contribution in [2.75, 3.05) is 13.7 Å². The summed E-state index contributed by atoms with van der Waals surface area (Å²) in [5.41, 5.74) is 2.84. The van der Waals surface area contributed by atoms with Crippen molar-refractivity contribution < 1.29 is 9.53 Å². The average molecular weight is 351 g/mol. The lowest BCUT2D eigenvalue weighted by Gasteiger charge is -2.24. The van der Waals surface area contributed by atoms with Crippen LogP contribution >= 0.6 is 0 Å². The van der Waals surface area contributed by atoms with Crippen LogP contribution in [0.2, 0.25) is 0 Å². The Hall–Kier alpha value is -2.96. The number of nitrogens with zero attached hydrogens (tertiary/aromatic N) is 5. The Balaban J connectivity index is 1.67. The second-order valence-electron chi connectivity index (χ2n) is 6.62. The normalized spacial score (nSPS) is 17.0. The van der Waals surface area contributed by atoms with E-state index in [4.69, 9.17) is 4.74 Å². The number of rotatable bonds is 3. The Labute approximate surface area is 151 Å². The van der Waals surface area contributed by atoms with Crippen LogP contribution in [-0.2, 0) is 0 Å². The summed E-state index contributed by atoms with van der Waals surface area (Å²) in [5.74, 6) is 1.30. The van der Waals surface area contributed by atoms with Gasteiger partial charge in [-0.3, -0.25) is 4.79 Å². The van der Waals surface area contributed by atoms with Crippen molar-refractivity contribution in [1.82, 2.24) is 24.5 Å². The zero-order valence-electron chi connectivity index (χ0n) is 15.1. The van der Waals surface area contributed by atoms with Crippen molar-refractivity contribution in [1.29, 1.82) is 0 Å². The first-order chi connectivity index (χ1) is 12.6. The van der Waals surface area contributed by atoms with Crippen LogP contribution in [0.25, 0.3) is 5.78 Å². The molecule has 0 spiro atoms. The quantitative estimate of drug-likeness (QED) is 0.725. The molecule has 1 atom stereocenters. The van der Waals surface area contributed by atoms with Crippen molar-refractivity contribution >= 4 is 11.7 Å². The van der Waals surface area contributed by atoms with Crippen molar-refractivity contribution in [3.63, 3.8) is 0 Å². The predicted octanol–water partition coefficient (Wildman–Crippen LogP) is 2.73. The lowest BCUT2D eigenvalue weighted by Crippen LogP contribution is -2.31. The number of aryl methyl sites for hydroxylation is 2. The highest BCUT2D eigenvalue weighted by molar-refractivity contribution is 5.91. The number of amides is 1. The monoisotopic (exact) mass is 351 g/mol. The molecular weight excluding hydrogens is 330 g/mol. The second-order valence-corrected chi connectivity index (χ2v) is 6.62. The first kappa shape index (κ1) is 16.5. The van der Waals surface area contributed by atoms with E-state index in [1.807, 2.05) is 49.1 Å². The molecule has 0 N–H and O–H groups in total. The van der Waals surface area contributed by atoms with Gasteiger partial charge in [0.25, 0.3) is 11.7 Å². The van der Waals surface area contributed by atoms with Crippen LogP contribution in [0.4, 0.5) is 0 Å². The summed E-state index contributed by atoms with van der Waals surface area (Å²) >= 11 is 0. The van der Waals surface area contributed by atoms with Crippen molar-refractivity contribution in [3.05, 3.63) is 53.1 Å². The molecular formula is C19H21N5O2. The number of carbonyl (C=O) groups excluding carboxylic acids is 1. The number of hydrogen-bond acceptors (Lipinski definition) is 5. The lowest BCUT2D eigenvalue weighted by atomic mass is 10.0. The van der Waals surface area contributed by atoms with E-state index in [-0.39, 0.29) is 17.8 Å². The molecule has 0 saturated carbocycles. The summed E-state index contributed by atoms with van der Waals surface area (Å²) in [7, 11) is 1.65. The van der Waals surface area contributed by atoms with Gasteiger partial charge in [-0.1, -0.05) is 12.1 Å². The fraction of sp³-hybridized carbons (Fsp3) is 0.368. The maximum atomic E-state index is 13.1. The minimum atomic E-state index is -0.155. The van der Waals surface area contributed by atoms with Crippen LogP contribution in [0, 0.1) is 13.8 Å². The predicted molar refractivity (Wildman–Crippen MR) is 96.3 cm³/mol. The van der Waals surface area contributed by atoms with E-state index in [9.17, 15) is 4.79 Å². The summed E-state index contributed by atoms with van der Waals surface area (Å²) in [6.07, 6.45) is 1.88. The van der Waals surface area contributed by atoms with E-state index in [1.165, 1.54) is 0 Å². The van der Waals surface area contributed by atoms with Crippen molar-refractivity contribution in [3.8, 4) is 5.75 Å². The molecule has 2 aromatic heterocycles. The standard InChI is InChI=1S/C19H21N5O2/c1-12-10-13(2)24-19(20-12)21-17(22-24)18(25)23-9-5-8-16(23)14-6-4-7-15(11-14)26-3/h4,6-7,10-11,16H,5,8-9H2,1-3H3. The van der Waals surface area contributed by atoms with Crippen LogP contribution < -0.4 is 4.74 Å². The Morgan fingerprint density at radius 3 is 2.88 bits per heavy atom. The largest absolute Gasteiger partial charge is 0.497 e. The van der Waals surface area contributed by atoms with Gasteiger partial charge in [0.15, 0.2) is 0 Å². The molecule has 4 rings (SSSR count). The molecule has 1 aliphatic rings. The summed E-state index contributed by atoms with van der Waals surface area (Å²) in [6, 6.07) is 9.82. The average Bonchev–Trinajstić information content (AvgIpc) is 3.28. The Morgan fingerprint density at radius 1 is 1.23 bits per heavy atom. The van der Waals surface area contributed by atoms with Crippen LogP contribution in [0.5, 0.6) is 5.75 Å². The van der Waals surface area contributed by atoms with Gasteiger partial charge in [0.1, 0.15) is 5.75 Å². The zero-order valence-corrected chi connectivity index (χ0v) is 15.1. The van der Waals surface area contributed by atoms with Gasteiger partial charge in [-0.15, -0.1) is 5.10 Å². The number of likely N-dealkylation sites (tertiary alicyclic amines) is 1. The van der Waals surface area contributed by atoms with E-state index in [2.05, 4.69) is 15.1 Å². The third-order valence-corrected chi connectivity index (χ3v) is 4.80. The minimum Gasteiger partial charge on any atom is -0.497 e. The van der Waals surface area contributed by atoms with Gasteiger partial charge in [0.2, 0.25) is 5.82 Å². The summed E-state index contributed by atoms with van der Waals surface area (Å²) in [5, 5.41) is 4.39. The lowest BCUT2D eigenvalue weighted by molar-refractivity contribution is 0.0723. The van der Waals surface area contributed by atoms with E-state index < -0.39 is 0 Å². The molecule has 3 heterocycles. The molecule has 26 heavy (non-hydrogen) atoms. The molecule has 7 nitrogen and oxygen atoms in total. The molecule has 1 fully saturated rings. The Morgan fingerprint density at radius 2 is 2.08 bits per heavy atom. The zero-order chi connectivity index (χ0) is 18.3. The molecule has 3 aromatic rings. The van der Waals surface area contributed by atoms with Gasteiger partial charge < -0.3 is 9.64 Å². The van der Waals surface area contributed by atoms with E-state index in [1.54, 1.807) is 11.6 Å². The van der Waals surface area contributed by atoms with E-state index >= 15 is 0 Å². The SMILES string of the molecule is COc1cccc(C2CCCN2C(=O)c2nc3nc(C)cc(C)n3n2)c1. The fourth-order valence-corrected chi connectivity index (χ4v) is 3.59. The first-order valence-corrected chi connectivity index (χ1v) is 8.73. The maximum absolute atomic E-state index is 13.1. The fourth-order valence-electron chi connectivity index (χ4n) is 3.59. The number of aromatic nitrogens is 4. The molecule has 1 unspecified atom stereocenters. The van der Waals surface area contributed by atoms with Crippen LogP contribution in [0.1, 0.15) is 46.5 Å². The Kier molecular flexibility index (Phi) is 4.06. The van der Waals surface area contributed by atoms with Gasteiger partial charge in [-0.25, -0.2) is 9.50 Å². The highest BCUT2D eigenvalue weighted by Crippen LogP contribution is 2.34. The van der Waals surface area contributed by atoms with Gasteiger partial charge in [-0.05, 0) is 50.5 Å². The number of carbonyl (C=O) groups is 1. The molecule has 1 aliphatic heterocycles. The highest BCUT2D eigenvalue weighted by atomic mass is 16.5. The van der Waals surface area contributed by atoms with Crippen LogP contribution in [0.3, 0.4) is 0 Å². The molecule has 0 bridgehead atoms. The molecule has 1 saturated heterocycles. The van der Waals surface area contributed by atoms with Crippen molar-refractivity contribution in [2.45, 2.75) is 32.7 Å². The van der Waals surface area contributed by atoms with Gasteiger partial charge in [-0.2, -0.15) is 4.98 Å². The number of benzene rings is 1. The molecule has 134 valence electrons. The summed E-state index contributed by atoms with van der Waals surface area (Å²) in [6.45, 7) is 4.53. The maximum Gasteiger partial charge on any atom is 0.294 e. The van der Waals surface area contributed by atoms with Crippen molar-refractivity contribution in [2.24, 2.45) is 0 Å². The topological polar surface area (TPSA) is 72.6 Å². The summed E-state index contributed by atoms with van der Waals surface area (Å²) in [4.78, 5) is 23.7. The third kappa shape index (κ3) is 2.79. The highest BCUT2D eigenvalue weighted by Gasteiger charge is 2.33. The van der Waals surface area contributed by atoms with Gasteiger partial charge in [0.05, 0.1) is 13.2 Å². The molecule has 0 aliphatic carbocycles. The smallest absolute Gasteiger partial charge is 0.294 e. The first-order valence-electron chi connectivity index (χ1n) is 8.73. The third-order valence-electron chi connectivity index (χ3n) is 4.80. The number of methoxy groups -OCH3 is 1. The molecule has 1 aromatic carbocycles. The second kappa shape index (κ2) is 6.40. The van der Waals surface area contributed by atoms with Crippen LogP contribution in [-0.4, -0.2) is 44.0 Å². The molecule has 7 heteroatoms. The Bertz CT molecular complexity index is 981. The minimum absolute atomic E-state index is 0.0139. The van der Waals surface area contributed by atoms with E-state index in [0.717, 1.165) is 35.5 Å². The number of hydrogen-bond donors (Lipinski definition) is 0.